The zero-order chi connectivity index (χ0) is 31.0. The second-order valence-corrected chi connectivity index (χ2v) is 9.66. The molecule has 5 N–H and O–H groups in total. The highest BCUT2D eigenvalue weighted by atomic mass is 14.8. The average molecular weight is 541 g/mol. The Hall–Kier alpha value is -2.46. The van der Waals surface area contributed by atoms with Crippen LogP contribution < -0.4 is 11.5 Å². The van der Waals surface area contributed by atoms with Gasteiger partial charge in [-0.25, -0.2) is 0 Å². The van der Waals surface area contributed by atoms with Gasteiger partial charge in [-0.2, -0.15) is 0 Å². The zero-order valence-electron chi connectivity index (χ0n) is 28.0. The lowest BCUT2D eigenvalue weighted by atomic mass is 9.78. The van der Waals surface area contributed by atoms with Crippen LogP contribution in [0.1, 0.15) is 137 Å². The van der Waals surface area contributed by atoms with Crippen molar-refractivity contribution in [2.24, 2.45) is 16.5 Å². The first kappa shape index (κ1) is 41.0. The molecule has 0 radical (unpaired) electrons. The number of nitrogens with one attached hydrogen (secondary N) is 1. The van der Waals surface area contributed by atoms with E-state index in [1.165, 1.54) is 46.9 Å². The molecule has 0 aliphatic heterocycles. The number of hydrogen-bond donors (Lipinski definition) is 3. The number of benzene rings is 1. The zero-order valence-corrected chi connectivity index (χ0v) is 28.0. The van der Waals surface area contributed by atoms with Gasteiger partial charge in [0.1, 0.15) is 0 Å². The van der Waals surface area contributed by atoms with Gasteiger partial charge in [0.2, 0.25) is 0 Å². The average Bonchev–Trinajstić information content (AvgIpc) is 2.95. The number of allylic oxidation sites excluding steroid dienone is 5. The van der Waals surface area contributed by atoms with Crippen molar-refractivity contribution in [3.8, 4) is 0 Å². The van der Waals surface area contributed by atoms with Crippen LogP contribution in [-0.4, -0.2) is 24.5 Å². The molecule has 0 heterocycles. The molecule has 0 aromatic heterocycles. The molecule has 0 saturated carbocycles. The van der Waals surface area contributed by atoms with E-state index in [9.17, 15) is 0 Å². The highest BCUT2D eigenvalue weighted by Gasteiger charge is 2.23. The summed E-state index contributed by atoms with van der Waals surface area (Å²) in [6, 6.07) is 4.31. The van der Waals surface area contributed by atoms with Crippen LogP contribution in [0.5, 0.6) is 0 Å². The number of hydrogen-bond acceptors (Lipinski definition) is 4. The lowest BCUT2D eigenvalue weighted by molar-refractivity contribution is 0.586. The maximum atomic E-state index is 8.07. The van der Waals surface area contributed by atoms with Crippen LogP contribution in [-0.2, 0) is 0 Å². The fourth-order valence-corrected chi connectivity index (χ4v) is 4.07. The van der Waals surface area contributed by atoms with E-state index in [-0.39, 0.29) is 5.54 Å². The Labute approximate surface area is 243 Å². The predicted molar refractivity (Wildman–Crippen MR) is 181 cm³/mol. The quantitative estimate of drug-likeness (QED) is 0.237. The third kappa shape index (κ3) is 15.1. The first-order valence-electron chi connectivity index (χ1n) is 15.4. The fourth-order valence-electron chi connectivity index (χ4n) is 4.07. The van der Waals surface area contributed by atoms with E-state index in [2.05, 4.69) is 59.8 Å². The first-order chi connectivity index (χ1) is 18.6. The molecule has 0 atom stereocenters. The number of unbranched alkanes of at least 4 members (excludes halogenated alkanes) is 1. The normalized spacial score (nSPS) is 13.6. The second kappa shape index (κ2) is 24.6. The van der Waals surface area contributed by atoms with Gasteiger partial charge in [0.05, 0.1) is 5.54 Å². The lowest BCUT2D eigenvalue weighted by Crippen LogP contribution is -2.12. The number of aryl methyl sites for hydroxylation is 2. The van der Waals surface area contributed by atoms with Gasteiger partial charge in [0.15, 0.2) is 0 Å². The molecule has 1 aliphatic rings. The summed E-state index contributed by atoms with van der Waals surface area (Å²) in [5.74, 6) is 0. The van der Waals surface area contributed by atoms with E-state index in [1.54, 1.807) is 6.20 Å². The minimum absolute atomic E-state index is 0.144. The van der Waals surface area contributed by atoms with Gasteiger partial charge < -0.3 is 16.9 Å². The van der Waals surface area contributed by atoms with Crippen LogP contribution in [0, 0.1) is 19.3 Å². The fraction of sp³-hybridized carbons (Fsp3) is 0.600. The molecule has 4 heteroatoms. The minimum atomic E-state index is -0.144. The first-order valence-corrected chi connectivity index (χ1v) is 15.4. The molecule has 1 aromatic rings. The maximum absolute atomic E-state index is 8.07. The van der Waals surface area contributed by atoms with Crippen molar-refractivity contribution in [3.63, 3.8) is 0 Å². The van der Waals surface area contributed by atoms with E-state index in [0.29, 0.717) is 0 Å². The smallest absolute Gasteiger partial charge is 0.0524 e. The Balaban J connectivity index is -0.00000129. The summed E-state index contributed by atoms with van der Waals surface area (Å²) in [5.41, 5.74) is 20.5. The minimum Gasteiger partial charge on any atom is -0.404 e. The SMILES string of the molecule is CC.CC.CC.CCC/C=C(C1=C(c2c(C)ccc(C)c2C=N)CCCC1)\C(C=NC(C)(C)C)=C\N.CCN. The number of rotatable bonds is 7. The Morgan fingerprint density at radius 1 is 0.949 bits per heavy atom. The van der Waals surface area contributed by atoms with E-state index in [1.807, 2.05) is 54.7 Å². The van der Waals surface area contributed by atoms with E-state index in [4.69, 9.17) is 21.9 Å². The topological polar surface area (TPSA) is 88.2 Å². The van der Waals surface area contributed by atoms with Crippen molar-refractivity contribution in [3.05, 3.63) is 63.4 Å². The Morgan fingerprint density at radius 2 is 1.46 bits per heavy atom. The number of nitrogens with two attached hydrogens (primary N) is 2. The molecule has 2 rings (SSSR count). The highest BCUT2D eigenvalue weighted by molar-refractivity contribution is 5.94. The molecule has 39 heavy (non-hydrogen) atoms. The second-order valence-electron chi connectivity index (χ2n) is 9.66. The van der Waals surface area contributed by atoms with Crippen LogP contribution >= 0.6 is 0 Å². The molecule has 0 unspecified atom stereocenters. The highest BCUT2D eigenvalue weighted by Crippen LogP contribution is 2.41. The van der Waals surface area contributed by atoms with Crippen molar-refractivity contribution in [1.82, 2.24) is 0 Å². The van der Waals surface area contributed by atoms with Crippen molar-refractivity contribution < 1.29 is 0 Å². The van der Waals surface area contributed by atoms with E-state index >= 15 is 0 Å². The van der Waals surface area contributed by atoms with Crippen LogP contribution in [0.2, 0.25) is 0 Å². The summed E-state index contributed by atoms with van der Waals surface area (Å²) >= 11 is 0. The molecule has 0 fully saturated rings. The van der Waals surface area contributed by atoms with Crippen LogP contribution in [0.25, 0.3) is 5.57 Å². The monoisotopic (exact) mass is 541 g/mol. The van der Waals surface area contributed by atoms with Gasteiger partial charge in [-0.3, -0.25) is 4.99 Å². The molecule has 0 spiro atoms. The van der Waals surface area contributed by atoms with Gasteiger partial charge >= 0.3 is 0 Å². The Morgan fingerprint density at radius 3 is 1.92 bits per heavy atom. The predicted octanol–water partition coefficient (Wildman–Crippen LogP) is 10.1. The third-order valence-electron chi connectivity index (χ3n) is 5.63. The molecule has 1 aliphatic carbocycles. The molecule has 224 valence electrons. The van der Waals surface area contributed by atoms with Gasteiger partial charge in [0.25, 0.3) is 0 Å². The van der Waals surface area contributed by atoms with Crippen LogP contribution in [0.3, 0.4) is 0 Å². The largest absolute Gasteiger partial charge is 0.404 e. The summed E-state index contributed by atoms with van der Waals surface area (Å²) in [4.78, 5) is 4.74. The molecule has 4 nitrogen and oxygen atoms in total. The summed E-state index contributed by atoms with van der Waals surface area (Å²) in [6.07, 6.45) is 14.1. The molecule has 0 saturated heterocycles. The van der Waals surface area contributed by atoms with Crippen molar-refractivity contribution >= 4 is 18.0 Å². The summed E-state index contributed by atoms with van der Waals surface area (Å²) in [5, 5.41) is 8.07. The van der Waals surface area contributed by atoms with Crippen LogP contribution in [0.4, 0.5) is 0 Å². The van der Waals surface area contributed by atoms with E-state index < -0.39 is 0 Å². The maximum Gasteiger partial charge on any atom is 0.0524 e. The lowest BCUT2D eigenvalue weighted by Gasteiger charge is -2.26. The molecule has 1 aromatic carbocycles. The van der Waals surface area contributed by atoms with E-state index in [0.717, 1.165) is 48.9 Å². The Kier molecular flexibility index (Phi) is 25.8. The summed E-state index contributed by atoms with van der Waals surface area (Å²) < 4.78 is 0. The van der Waals surface area contributed by atoms with Crippen molar-refractivity contribution in [2.45, 2.75) is 134 Å². The molecule has 0 amide bonds. The molecular formula is C35H64N4. The van der Waals surface area contributed by atoms with Crippen LogP contribution in [0.15, 0.2) is 46.1 Å². The Bertz CT molecular complexity index is 909. The van der Waals surface area contributed by atoms with Gasteiger partial charge in [0, 0.05) is 29.8 Å². The number of nitrogens with zero attached hydrogens (tertiary/aromatic N) is 1. The van der Waals surface area contributed by atoms with Gasteiger partial charge in [-0.1, -0.05) is 80.0 Å². The third-order valence-corrected chi connectivity index (χ3v) is 5.63. The van der Waals surface area contributed by atoms with Gasteiger partial charge in [-0.15, -0.1) is 0 Å². The molecular weight excluding hydrogens is 476 g/mol. The standard InChI is InChI=1S/C27H39N3.C2H7N.3C2H6/c1-7-8-11-22(21(16-28)18-30-27(4,5)6)23-12-9-10-13-24(23)26-20(3)15-14-19(2)25(26)17-29;1-2-3;3*1-2/h11,14-18,29H,7-10,12-13,28H2,1-6H3;2-3H2,1H3;3*1-2H3/b21-16+,22-11+,29-17?,30-18?;;;;. The number of aliphatic imine (C=N–C) groups is 1. The summed E-state index contributed by atoms with van der Waals surface area (Å²) in [7, 11) is 0. The van der Waals surface area contributed by atoms with Gasteiger partial charge in [-0.05, 0) is 107 Å². The van der Waals surface area contributed by atoms with Crippen molar-refractivity contribution in [2.75, 3.05) is 6.54 Å². The summed E-state index contributed by atoms with van der Waals surface area (Å²) in [6.45, 7) is 27.4. The van der Waals surface area contributed by atoms with Crippen molar-refractivity contribution in [1.29, 1.82) is 5.41 Å². The molecule has 0 bridgehead atoms.